The molecule has 1 heterocycles. The number of phenolic OH excluding ortho intramolecular Hbond substituents is 1. The minimum Gasteiger partial charge on any atom is -0.508 e. The summed E-state index contributed by atoms with van der Waals surface area (Å²) in [6, 6.07) is 15.2. The second-order valence-corrected chi connectivity index (χ2v) is 5.81. The normalized spacial score (nSPS) is 11.0. The highest BCUT2D eigenvalue weighted by molar-refractivity contribution is 6.16. The molecule has 5 heteroatoms. The number of carboxylic acids is 1. The van der Waals surface area contributed by atoms with E-state index < -0.39 is 5.97 Å². The van der Waals surface area contributed by atoms with Crippen LogP contribution in [-0.4, -0.2) is 21.2 Å². The first-order valence-corrected chi connectivity index (χ1v) is 7.65. The molecule has 122 valence electrons. The number of H-pyrrole nitrogens is 1. The fourth-order valence-corrected chi connectivity index (χ4v) is 3.12. The van der Waals surface area contributed by atoms with Gasteiger partial charge in [-0.05, 0) is 57.6 Å². The maximum Gasteiger partial charge on any atom is 0.336 e. The molecule has 0 amide bonds. The number of hydrogen-bond acceptors (Lipinski definition) is 3. The molecule has 0 saturated carbocycles. The number of carboxylic acid groups (broad SMARTS) is 1. The summed E-state index contributed by atoms with van der Waals surface area (Å²) in [5.41, 5.74) is 1.59. The average molecular weight is 331 g/mol. The van der Waals surface area contributed by atoms with Gasteiger partial charge in [-0.2, -0.15) is 0 Å². The van der Waals surface area contributed by atoms with Crippen molar-refractivity contribution >= 4 is 27.5 Å². The van der Waals surface area contributed by atoms with Crippen LogP contribution in [0.4, 0.5) is 0 Å². The summed E-state index contributed by atoms with van der Waals surface area (Å²) in [4.78, 5) is 26.6. The largest absolute Gasteiger partial charge is 0.508 e. The van der Waals surface area contributed by atoms with Crippen LogP contribution in [0.3, 0.4) is 0 Å². The summed E-state index contributed by atoms with van der Waals surface area (Å²) < 4.78 is 0. The monoisotopic (exact) mass is 331 g/mol. The number of pyridine rings is 1. The van der Waals surface area contributed by atoms with Crippen LogP contribution in [0.15, 0.2) is 65.6 Å². The smallest absolute Gasteiger partial charge is 0.336 e. The number of fused-ring (bicyclic) bond motifs is 3. The predicted octanol–water partition coefficient (Wildman–Crippen LogP) is 3.75. The molecule has 0 aliphatic carbocycles. The summed E-state index contributed by atoms with van der Waals surface area (Å²) in [5, 5.41) is 21.1. The van der Waals surface area contributed by atoms with Gasteiger partial charge in [0.15, 0.2) is 0 Å². The Morgan fingerprint density at radius 3 is 2.32 bits per heavy atom. The molecule has 3 N–H and O–H groups in total. The molecular weight excluding hydrogens is 318 g/mol. The zero-order valence-electron chi connectivity index (χ0n) is 13.0. The number of carbonyl (C=O) groups is 1. The molecule has 0 unspecified atom stereocenters. The lowest BCUT2D eigenvalue weighted by atomic mass is 9.94. The van der Waals surface area contributed by atoms with Crippen LogP contribution >= 0.6 is 0 Å². The number of aromatic carboxylic acids is 1. The van der Waals surface area contributed by atoms with Gasteiger partial charge in [0.25, 0.3) is 5.56 Å². The van der Waals surface area contributed by atoms with Gasteiger partial charge in [-0.3, -0.25) is 4.79 Å². The lowest BCUT2D eigenvalue weighted by Gasteiger charge is -2.10. The number of phenols is 1. The van der Waals surface area contributed by atoms with Crippen molar-refractivity contribution in [3.63, 3.8) is 0 Å². The maximum atomic E-state index is 12.3. The molecule has 0 atom stereocenters. The fourth-order valence-electron chi connectivity index (χ4n) is 3.12. The van der Waals surface area contributed by atoms with Crippen LogP contribution < -0.4 is 5.56 Å². The van der Waals surface area contributed by atoms with Gasteiger partial charge in [0, 0.05) is 6.20 Å². The van der Waals surface area contributed by atoms with E-state index in [1.807, 2.05) is 12.1 Å². The van der Waals surface area contributed by atoms with Gasteiger partial charge in [-0.15, -0.1) is 0 Å². The van der Waals surface area contributed by atoms with Gasteiger partial charge in [0.05, 0.1) is 10.9 Å². The Morgan fingerprint density at radius 2 is 1.60 bits per heavy atom. The third-order valence-corrected chi connectivity index (χ3v) is 4.30. The number of nitrogens with one attached hydrogen (secondary N) is 1. The van der Waals surface area contributed by atoms with Crippen molar-refractivity contribution in [3.05, 3.63) is 76.7 Å². The molecular formula is C20H13NO4. The summed E-state index contributed by atoms with van der Waals surface area (Å²) in [5.74, 6) is -0.871. The van der Waals surface area contributed by atoms with Crippen LogP contribution in [0, 0.1) is 0 Å². The fraction of sp³-hybridized carbons (Fsp3) is 0. The molecule has 4 rings (SSSR count). The first-order chi connectivity index (χ1) is 12.0. The van der Waals surface area contributed by atoms with E-state index in [1.165, 1.54) is 12.3 Å². The molecule has 3 aromatic carbocycles. The molecule has 0 spiro atoms. The summed E-state index contributed by atoms with van der Waals surface area (Å²) in [6.45, 7) is 0. The molecule has 0 aliphatic rings. The highest BCUT2D eigenvalue weighted by Gasteiger charge is 2.14. The van der Waals surface area contributed by atoms with E-state index in [0.29, 0.717) is 21.5 Å². The first kappa shape index (κ1) is 15.0. The van der Waals surface area contributed by atoms with Gasteiger partial charge >= 0.3 is 5.97 Å². The van der Waals surface area contributed by atoms with E-state index >= 15 is 0 Å². The van der Waals surface area contributed by atoms with Crippen molar-refractivity contribution in [2.45, 2.75) is 0 Å². The molecule has 0 bridgehead atoms. The zero-order valence-corrected chi connectivity index (χ0v) is 13.0. The average Bonchev–Trinajstić information content (AvgIpc) is 2.61. The SMILES string of the molecule is O=C(O)c1cc2cc[nH]c(=O)c2c2cc(-c3ccc(O)cc3)ccc12. The van der Waals surface area contributed by atoms with Gasteiger partial charge in [0.1, 0.15) is 5.75 Å². The molecule has 25 heavy (non-hydrogen) atoms. The van der Waals surface area contributed by atoms with Gasteiger partial charge in [-0.25, -0.2) is 4.79 Å². The Kier molecular flexibility index (Phi) is 3.28. The minimum absolute atomic E-state index is 0.158. The number of aromatic nitrogens is 1. The standard InChI is InChI=1S/C20H13NO4/c22-14-4-1-11(2-5-14)12-3-6-15-16(9-12)18-13(7-8-21-19(18)23)10-17(15)20(24)25/h1-10,22H,(H,21,23)(H,24,25). The van der Waals surface area contributed by atoms with Crippen LogP contribution in [0.5, 0.6) is 5.75 Å². The van der Waals surface area contributed by atoms with E-state index in [0.717, 1.165) is 11.1 Å². The molecule has 1 aromatic heterocycles. The Hall–Kier alpha value is -3.60. The van der Waals surface area contributed by atoms with Crippen LogP contribution in [0.25, 0.3) is 32.7 Å². The number of aromatic amines is 1. The highest BCUT2D eigenvalue weighted by Crippen LogP contribution is 2.31. The van der Waals surface area contributed by atoms with Crippen molar-refractivity contribution in [3.8, 4) is 16.9 Å². The van der Waals surface area contributed by atoms with Crippen LogP contribution in [0.2, 0.25) is 0 Å². The maximum absolute atomic E-state index is 12.3. The minimum atomic E-state index is -1.04. The van der Waals surface area contributed by atoms with Crippen LogP contribution in [0.1, 0.15) is 10.4 Å². The Bertz CT molecular complexity index is 1190. The number of hydrogen-bond donors (Lipinski definition) is 3. The third kappa shape index (κ3) is 2.42. The van der Waals surface area contributed by atoms with E-state index in [2.05, 4.69) is 4.98 Å². The molecule has 5 nitrogen and oxygen atoms in total. The second kappa shape index (κ2) is 5.49. The highest BCUT2D eigenvalue weighted by atomic mass is 16.4. The predicted molar refractivity (Wildman–Crippen MR) is 96.1 cm³/mol. The Labute approximate surface area is 141 Å². The van der Waals surface area contributed by atoms with E-state index in [4.69, 9.17) is 0 Å². The molecule has 4 aromatic rings. The third-order valence-electron chi connectivity index (χ3n) is 4.30. The summed E-state index contributed by atoms with van der Waals surface area (Å²) in [6.07, 6.45) is 1.51. The van der Waals surface area contributed by atoms with E-state index in [1.54, 1.807) is 36.4 Å². The van der Waals surface area contributed by atoms with E-state index in [-0.39, 0.29) is 16.9 Å². The van der Waals surface area contributed by atoms with Gasteiger partial charge in [0.2, 0.25) is 0 Å². The number of aromatic hydroxyl groups is 1. The van der Waals surface area contributed by atoms with Crippen molar-refractivity contribution in [1.82, 2.24) is 4.98 Å². The Balaban J connectivity index is 2.12. The Morgan fingerprint density at radius 1 is 0.880 bits per heavy atom. The lowest BCUT2D eigenvalue weighted by Crippen LogP contribution is -2.07. The molecule has 0 aliphatic heterocycles. The lowest BCUT2D eigenvalue weighted by molar-refractivity contribution is 0.0699. The first-order valence-electron chi connectivity index (χ1n) is 7.65. The van der Waals surface area contributed by atoms with Crippen molar-refractivity contribution in [1.29, 1.82) is 0 Å². The zero-order chi connectivity index (χ0) is 17.6. The molecule has 0 fully saturated rings. The summed E-state index contributed by atoms with van der Waals surface area (Å²) >= 11 is 0. The quantitative estimate of drug-likeness (QED) is 0.488. The van der Waals surface area contributed by atoms with Crippen molar-refractivity contribution in [2.75, 3.05) is 0 Å². The number of benzene rings is 3. The summed E-state index contributed by atoms with van der Waals surface area (Å²) in [7, 11) is 0. The second-order valence-electron chi connectivity index (χ2n) is 5.81. The van der Waals surface area contributed by atoms with E-state index in [9.17, 15) is 19.8 Å². The number of rotatable bonds is 2. The van der Waals surface area contributed by atoms with Crippen molar-refractivity contribution < 1.29 is 15.0 Å². The van der Waals surface area contributed by atoms with Gasteiger partial charge < -0.3 is 15.2 Å². The van der Waals surface area contributed by atoms with Gasteiger partial charge in [-0.1, -0.05) is 24.3 Å². The molecule has 0 radical (unpaired) electrons. The van der Waals surface area contributed by atoms with Crippen molar-refractivity contribution in [2.24, 2.45) is 0 Å². The topological polar surface area (TPSA) is 90.4 Å². The van der Waals surface area contributed by atoms with Crippen LogP contribution in [-0.2, 0) is 0 Å². The molecule has 0 saturated heterocycles.